The van der Waals surface area contributed by atoms with Gasteiger partial charge in [0, 0.05) is 18.5 Å². The predicted molar refractivity (Wildman–Crippen MR) is 69.8 cm³/mol. The second-order valence-electron chi connectivity index (χ2n) is 5.71. The molecule has 0 aromatic heterocycles. The Morgan fingerprint density at radius 2 is 2.05 bits per heavy atom. The third-order valence-corrected chi connectivity index (χ3v) is 4.29. The van der Waals surface area contributed by atoms with Gasteiger partial charge in [0.25, 0.3) is 0 Å². The van der Waals surface area contributed by atoms with E-state index in [1.807, 2.05) is 0 Å². The van der Waals surface area contributed by atoms with E-state index in [1.54, 1.807) is 6.07 Å². The SMILES string of the molecule is CN1CCC2NNC(c3cccc(C(F)(F)F)c3)C2C1. The van der Waals surface area contributed by atoms with Gasteiger partial charge in [-0.25, -0.2) is 5.43 Å². The predicted octanol–water partition coefficient (Wildman–Crippen LogP) is 2.17. The lowest BCUT2D eigenvalue weighted by Gasteiger charge is -2.33. The van der Waals surface area contributed by atoms with Gasteiger partial charge in [-0.05, 0) is 37.7 Å². The Morgan fingerprint density at radius 3 is 2.80 bits per heavy atom. The molecular formula is C14H18F3N3. The van der Waals surface area contributed by atoms with Crippen LogP contribution < -0.4 is 10.9 Å². The van der Waals surface area contributed by atoms with Crippen molar-refractivity contribution < 1.29 is 13.2 Å². The zero-order chi connectivity index (χ0) is 14.3. The smallest absolute Gasteiger partial charge is 0.306 e. The highest BCUT2D eigenvalue weighted by atomic mass is 19.4. The number of benzene rings is 1. The van der Waals surface area contributed by atoms with Gasteiger partial charge in [-0.3, -0.25) is 5.43 Å². The summed E-state index contributed by atoms with van der Waals surface area (Å²) in [7, 11) is 2.05. The van der Waals surface area contributed by atoms with E-state index in [-0.39, 0.29) is 6.04 Å². The van der Waals surface area contributed by atoms with Gasteiger partial charge in [0.05, 0.1) is 11.6 Å². The molecule has 1 aromatic rings. The van der Waals surface area contributed by atoms with E-state index in [1.165, 1.54) is 12.1 Å². The number of likely N-dealkylation sites (tertiary alicyclic amines) is 1. The molecular weight excluding hydrogens is 267 g/mol. The second-order valence-corrected chi connectivity index (χ2v) is 5.71. The first-order valence-electron chi connectivity index (χ1n) is 6.82. The average molecular weight is 285 g/mol. The van der Waals surface area contributed by atoms with Gasteiger partial charge in [0.1, 0.15) is 0 Å². The van der Waals surface area contributed by atoms with Crippen LogP contribution in [0.15, 0.2) is 24.3 Å². The lowest BCUT2D eigenvalue weighted by Crippen LogP contribution is -2.43. The summed E-state index contributed by atoms with van der Waals surface area (Å²) >= 11 is 0. The summed E-state index contributed by atoms with van der Waals surface area (Å²) in [5, 5.41) is 0. The number of piperidine rings is 1. The van der Waals surface area contributed by atoms with E-state index in [0.29, 0.717) is 17.5 Å². The number of fused-ring (bicyclic) bond motifs is 1. The fourth-order valence-electron chi connectivity index (χ4n) is 3.21. The number of nitrogens with one attached hydrogen (secondary N) is 2. The molecule has 0 aliphatic carbocycles. The van der Waals surface area contributed by atoms with Crippen molar-refractivity contribution >= 4 is 0 Å². The number of nitrogens with zero attached hydrogens (tertiary/aromatic N) is 1. The Kier molecular flexibility index (Phi) is 3.48. The maximum atomic E-state index is 12.8. The Morgan fingerprint density at radius 1 is 1.25 bits per heavy atom. The molecule has 3 rings (SSSR count). The summed E-state index contributed by atoms with van der Waals surface area (Å²) < 4.78 is 38.4. The molecule has 3 atom stereocenters. The highest BCUT2D eigenvalue weighted by Gasteiger charge is 2.40. The number of rotatable bonds is 1. The van der Waals surface area contributed by atoms with Crippen molar-refractivity contribution in [2.75, 3.05) is 20.1 Å². The number of hydrazine groups is 1. The molecule has 0 bridgehead atoms. The van der Waals surface area contributed by atoms with E-state index < -0.39 is 11.7 Å². The van der Waals surface area contributed by atoms with E-state index in [0.717, 1.165) is 25.6 Å². The molecule has 20 heavy (non-hydrogen) atoms. The minimum absolute atomic E-state index is 0.0648. The van der Waals surface area contributed by atoms with Crippen molar-refractivity contribution in [3.05, 3.63) is 35.4 Å². The molecule has 110 valence electrons. The van der Waals surface area contributed by atoms with Crippen molar-refractivity contribution in [2.24, 2.45) is 5.92 Å². The van der Waals surface area contributed by atoms with Crippen LogP contribution in [0.1, 0.15) is 23.6 Å². The van der Waals surface area contributed by atoms with Gasteiger partial charge in [-0.1, -0.05) is 12.1 Å². The molecule has 2 heterocycles. The van der Waals surface area contributed by atoms with Crippen LogP contribution in [0.4, 0.5) is 13.2 Å². The minimum atomic E-state index is -4.29. The fourth-order valence-corrected chi connectivity index (χ4v) is 3.21. The van der Waals surface area contributed by atoms with Gasteiger partial charge in [0.15, 0.2) is 0 Å². The quantitative estimate of drug-likeness (QED) is 0.828. The van der Waals surface area contributed by atoms with Crippen molar-refractivity contribution in [3.8, 4) is 0 Å². The lowest BCUT2D eigenvalue weighted by molar-refractivity contribution is -0.137. The first-order chi connectivity index (χ1) is 9.45. The molecule has 1 aromatic carbocycles. The molecule has 0 amide bonds. The maximum absolute atomic E-state index is 12.8. The van der Waals surface area contributed by atoms with Gasteiger partial charge in [-0.15, -0.1) is 0 Å². The summed E-state index contributed by atoms with van der Waals surface area (Å²) in [5.74, 6) is 0.303. The molecule has 3 nitrogen and oxygen atoms in total. The molecule has 6 heteroatoms. The standard InChI is InChI=1S/C14H18F3N3/c1-20-6-5-12-11(8-20)13(19-18-12)9-3-2-4-10(7-9)14(15,16)17/h2-4,7,11-13,18-19H,5-6,8H2,1H3. The van der Waals surface area contributed by atoms with Crippen LogP contribution in [0.3, 0.4) is 0 Å². The summed E-state index contributed by atoms with van der Waals surface area (Å²) in [5.41, 5.74) is 6.52. The van der Waals surface area contributed by atoms with Crippen LogP contribution in [0.25, 0.3) is 0 Å². The molecule has 0 radical (unpaired) electrons. The van der Waals surface area contributed by atoms with Gasteiger partial charge in [-0.2, -0.15) is 13.2 Å². The molecule has 2 N–H and O–H groups in total. The van der Waals surface area contributed by atoms with Gasteiger partial charge >= 0.3 is 6.18 Å². The molecule has 2 aliphatic heterocycles. The Hall–Kier alpha value is -1.11. The molecule has 2 aliphatic rings. The molecule has 0 saturated carbocycles. The van der Waals surface area contributed by atoms with Crippen LogP contribution in [0, 0.1) is 5.92 Å². The van der Waals surface area contributed by atoms with Crippen LogP contribution in [-0.4, -0.2) is 31.1 Å². The summed E-state index contributed by atoms with van der Waals surface area (Å²) in [6.07, 6.45) is -3.27. The van der Waals surface area contributed by atoms with Gasteiger partial charge < -0.3 is 4.90 Å². The summed E-state index contributed by atoms with van der Waals surface area (Å²) in [4.78, 5) is 2.23. The van der Waals surface area contributed by atoms with Crippen molar-refractivity contribution in [3.63, 3.8) is 0 Å². The number of hydrogen-bond donors (Lipinski definition) is 2. The number of halogens is 3. The lowest BCUT2D eigenvalue weighted by atomic mass is 9.85. The molecule has 2 saturated heterocycles. The van der Waals surface area contributed by atoms with Crippen LogP contribution in [0.5, 0.6) is 0 Å². The Labute approximate surface area is 116 Å². The zero-order valence-corrected chi connectivity index (χ0v) is 11.2. The van der Waals surface area contributed by atoms with E-state index in [9.17, 15) is 13.2 Å². The van der Waals surface area contributed by atoms with Crippen molar-refractivity contribution in [1.29, 1.82) is 0 Å². The molecule has 0 spiro atoms. The van der Waals surface area contributed by atoms with E-state index in [2.05, 4.69) is 22.8 Å². The highest BCUT2D eigenvalue weighted by molar-refractivity contribution is 5.29. The topological polar surface area (TPSA) is 27.3 Å². The monoisotopic (exact) mass is 285 g/mol. The number of hydrogen-bond acceptors (Lipinski definition) is 3. The maximum Gasteiger partial charge on any atom is 0.416 e. The van der Waals surface area contributed by atoms with E-state index >= 15 is 0 Å². The summed E-state index contributed by atoms with van der Waals surface area (Å²) in [6, 6.07) is 5.91. The second kappa shape index (κ2) is 5.02. The molecule has 2 fully saturated rings. The third kappa shape index (κ3) is 2.55. The van der Waals surface area contributed by atoms with E-state index in [4.69, 9.17) is 0 Å². The number of alkyl halides is 3. The Bertz CT molecular complexity index is 489. The van der Waals surface area contributed by atoms with Gasteiger partial charge in [0.2, 0.25) is 0 Å². The minimum Gasteiger partial charge on any atom is -0.306 e. The van der Waals surface area contributed by atoms with Crippen LogP contribution >= 0.6 is 0 Å². The highest BCUT2D eigenvalue weighted by Crippen LogP contribution is 2.36. The fraction of sp³-hybridized carbons (Fsp3) is 0.571. The largest absolute Gasteiger partial charge is 0.416 e. The van der Waals surface area contributed by atoms with Crippen molar-refractivity contribution in [1.82, 2.24) is 15.8 Å². The first kappa shape index (κ1) is 13.9. The summed E-state index contributed by atoms with van der Waals surface area (Å²) in [6.45, 7) is 1.91. The normalized spacial score (nSPS) is 31.3. The third-order valence-electron chi connectivity index (χ3n) is 4.29. The average Bonchev–Trinajstić information content (AvgIpc) is 2.81. The zero-order valence-electron chi connectivity index (χ0n) is 11.2. The Balaban J connectivity index is 1.86. The molecule has 3 unspecified atom stereocenters. The van der Waals surface area contributed by atoms with Crippen LogP contribution in [0.2, 0.25) is 0 Å². The van der Waals surface area contributed by atoms with Crippen molar-refractivity contribution in [2.45, 2.75) is 24.7 Å². The first-order valence-corrected chi connectivity index (χ1v) is 6.82. The van der Waals surface area contributed by atoms with Crippen LogP contribution in [-0.2, 0) is 6.18 Å².